The number of hydrogen-bond acceptors (Lipinski definition) is 4. The van der Waals surface area contributed by atoms with Crippen LogP contribution in [0.5, 0.6) is 0 Å². The fourth-order valence-electron chi connectivity index (χ4n) is 1.91. The molecule has 1 aliphatic heterocycles. The van der Waals surface area contributed by atoms with Crippen molar-refractivity contribution >= 4 is 23.6 Å². The van der Waals surface area contributed by atoms with Crippen molar-refractivity contribution in [2.45, 2.75) is 50.6 Å². The summed E-state index contributed by atoms with van der Waals surface area (Å²) in [6.45, 7) is 3.88. The lowest BCUT2D eigenvalue weighted by molar-refractivity contribution is -0.149. The molecule has 3 N–H and O–H groups in total. The Morgan fingerprint density at radius 1 is 1.59 bits per heavy atom. The molecule has 0 bridgehead atoms. The first-order valence-corrected chi connectivity index (χ1v) is 6.96. The maximum Gasteiger partial charge on any atom is 0.327 e. The van der Waals surface area contributed by atoms with Crippen LogP contribution >= 0.6 is 11.8 Å². The van der Waals surface area contributed by atoms with Gasteiger partial charge in [0.25, 0.3) is 0 Å². The molecule has 1 amide bonds. The van der Waals surface area contributed by atoms with Crippen LogP contribution < -0.4 is 5.73 Å². The van der Waals surface area contributed by atoms with E-state index in [9.17, 15) is 9.59 Å². The molecule has 0 spiro atoms. The van der Waals surface area contributed by atoms with Crippen LogP contribution in [0.25, 0.3) is 0 Å². The molecule has 6 heteroatoms. The van der Waals surface area contributed by atoms with E-state index in [4.69, 9.17) is 10.8 Å². The minimum Gasteiger partial charge on any atom is -0.480 e. The van der Waals surface area contributed by atoms with E-state index in [0.29, 0.717) is 12.2 Å². The molecular weight excluding hydrogens is 240 g/mol. The van der Waals surface area contributed by atoms with Crippen molar-refractivity contribution < 1.29 is 14.7 Å². The van der Waals surface area contributed by atoms with Crippen LogP contribution in [0.3, 0.4) is 0 Å². The Morgan fingerprint density at radius 2 is 2.24 bits per heavy atom. The molecule has 98 valence electrons. The van der Waals surface area contributed by atoms with Crippen molar-refractivity contribution in [3.63, 3.8) is 0 Å². The van der Waals surface area contributed by atoms with Crippen LogP contribution in [0.15, 0.2) is 0 Å². The summed E-state index contributed by atoms with van der Waals surface area (Å²) < 4.78 is 0. The van der Waals surface area contributed by atoms with Crippen molar-refractivity contribution in [3.05, 3.63) is 0 Å². The molecule has 0 radical (unpaired) electrons. The highest BCUT2D eigenvalue weighted by atomic mass is 32.2. The minimum absolute atomic E-state index is 0.101. The number of carboxylic acids is 1. The molecule has 5 nitrogen and oxygen atoms in total. The van der Waals surface area contributed by atoms with Crippen LogP contribution in [0.4, 0.5) is 0 Å². The van der Waals surface area contributed by atoms with Crippen molar-refractivity contribution in [3.8, 4) is 0 Å². The summed E-state index contributed by atoms with van der Waals surface area (Å²) in [7, 11) is 0. The molecule has 3 atom stereocenters. The summed E-state index contributed by atoms with van der Waals surface area (Å²) in [4.78, 5) is 24.6. The maximum atomic E-state index is 12.1. The van der Waals surface area contributed by atoms with E-state index in [1.54, 1.807) is 0 Å². The molecule has 3 unspecified atom stereocenters. The number of carbonyl (C=O) groups is 2. The number of amides is 1. The topological polar surface area (TPSA) is 83.6 Å². The Morgan fingerprint density at radius 3 is 2.76 bits per heavy atom. The van der Waals surface area contributed by atoms with Gasteiger partial charge in [-0.15, -0.1) is 11.8 Å². The Labute approximate surface area is 106 Å². The van der Waals surface area contributed by atoms with Gasteiger partial charge in [-0.25, -0.2) is 4.79 Å². The van der Waals surface area contributed by atoms with Gasteiger partial charge in [0, 0.05) is 5.75 Å². The first kappa shape index (κ1) is 14.3. The van der Waals surface area contributed by atoms with Crippen molar-refractivity contribution in [1.29, 1.82) is 0 Å². The summed E-state index contributed by atoms with van der Waals surface area (Å²) in [6, 6.07) is -1.30. The number of carbonyl (C=O) groups excluding carboxylic acids is 1. The molecule has 0 aliphatic carbocycles. The largest absolute Gasteiger partial charge is 0.480 e. The van der Waals surface area contributed by atoms with Crippen molar-refractivity contribution in [2.24, 2.45) is 5.73 Å². The fourth-order valence-corrected chi connectivity index (χ4v) is 3.08. The molecule has 1 aliphatic rings. The molecule has 1 heterocycles. The van der Waals surface area contributed by atoms with Crippen LogP contribution in [0, 0.1) is 0 Å². The third-order valence-electron chi connectivity index (χ3n) is 2.95. The smallest absolute Gasteiger partial charge is 0.327 e. The lowest BCUT2D eigenvalue weighted by Gasteiger charge is -2.27. The van der Waals surface area contributed by atoms with Crippen LogP contribution in [0.1, 0.15) is 33.1 Å². The van der Waals surface area contributed by atoms with E-state index in [0.717, 1.165) is 12.8 Å². The second-order valence-electron chi connectivity index (χ2n) is 4.28. The SMILES string of the molecule is CCCCC(N)C(=O)N1C(C)SCC1C(=O)O. The Kier molecular flexibility index (Phi) is 5.27. The number of thioether (sulfide) groups is 1. The normalized spacial score (nSPS) is 25.9. The monoisotopic (exact) mass is 260 g/mol. The van der Waals surface area contributed by atoms with E-state index in [1.807, 2.05) is 13.8 Å². The predicted octanol–water partition coefficient (Wildman–Crippen LogP) is 0.879. The molecule has 1 fully saturated rings. The van der Waals surface area contributed by atoms with E-state index >= 15 is 0 Å². The predicted molar refractivity (Wildman–Crippen MR) is 67.7 cm³/mol. The Bertz CT molecular complexity index is 298. The van der Waals surface area contributed by atoms with Gasteiger partial charge in [0.05, 0.1) is 11.4 Å². The molecule has 1 saturated heterocycles. The van der Waals surface area contributed by atoms with Crippen LogP contribution in [-0.4, -0.2) is 45.1 Å². The zero-order chi connectivity index (χ0) is 13.0. The summed E-state index contributed by atoms with van der Waals surface area (Å²) in [5, 5.41) is 8.96. The summed E-state index contributed by atoms with van der Waals surface area (Å²) in [6.07, 6.45) is 2.49. The molecule has 0 aromatic heterocycles. The highest BCUT2D eigenvalue weighted by Gasteiger charge is 2.40. The standard InChI is InChI=1S/C11H20N2O3S/c1-3-4-5-8(12)10(14)13-7(2)17-6-9(13)11(15)16/h7-9H,3-6,12H2,1-2H3,(H,15,16). The van der Waals surface area contributed by atoms with Gasteiger partial charge in [0.1, 0.15) is 6.04 Å². The highest BCUT2D eigenvalue weighted by molar-refractivity contribution is 8.00. The van der Waals surface area contributed by atoms with Crippen molar-refractivity contribution in [1.82, 2.24) is 4.90 Å². The Hall–Kier alpha value is -0.750. The lowest BCUT2D eigenvalue weighted by Crippen LogP contribution is -2.51. The summed E-state index contributed by atoms with van der Waals surface area (Å²) in [5.41, 5.74) is 5.81. The van der Waals surface area contributed by atoms with Gasteiger partial charge in [-0.3, -0.25) is 4.79 Å². The quantitative estimate of drug-likeness (QED) is 0.766. The Balaban J connectivity index is 2.68. The summed E-state index contributed by atoms with van der Waals surface area (Å²) in [5.74, 6) is -0.732. The third-order valence-corrected chi connectivity index (χ3v) is 4.17. The van der Waals surface area contributed by atoms with Gasteiger partial charge in [0.15, 0.2) is 0 Å². The van der Waals surface area contributed by atoms with Gasteiger partial charge < -0.3 is 15.7 Å². The zero-order valence-corrected chi connectivity index (χ0v) is 11.1. The van der Waals surface area contributed by atoms with Gasteiger partial charge >= 0.3 is 5.97 Å². The van der Waals surface area contributed by atoms with E-state index in [1.165, 1.54) is 16.7 Å². The first-order chi connectivity index (χ1) is 7.99. The first-order valence-electron chi connectivity index (χ1n) is 5.91. The average molecular weight is 260 g/mol. The van der Waals surface area contributed by atoms with Crippen molar-refractivity contribution in [2.75, 3.05) is 5.75 Å². The second kappa shape index (κ2) is 6.26. The molecule has 0 saturated carbocycles. The fraction of sp³-hybridized carbons (Fsp3) is 0.818. The summed E-state index contributed by atoms with van der Waals surface area (Å²) >= 11 is 1.48. The number of rotatable bonds is 5. The number of carboxylic acid groups (broad SMARTS) is 1. The molecule has 17 heavy (non-hydrogen) atoms. The molecular formula is C11H20N2O3S. The van der Waals surface area contributed by atoms with Gasteiger partial charge in [0.2, 0.25) is 5.91 Å². The zero-order valence-electron chi connectivity index (χ0n) is 10.3. The van der Waals surface area contributed by atoms with Crippen LogP contribution in [-0.2, 0) is 9.59 Å². The third kappa shape index (κ3) is 3.35. The molecule has 1 rings (SSSR count). The number of nitrogens with zero attached hydrogens (tertiary/aromatic N) is 1. The number of aliphatic carboxylic acids is 1. The second-order valence-corrected chi connectivity index (χ2v) is 5.63. The maximum absolute atomic E-state index is 12.1. The van der Waals surface area contributed by atoms with Gasteiger partial charge in [-0.2, -0.15) is 0 Å². The highest BCUT2D eigenvalue weighted by Crippen LogP contribution is 2.29. The lowest BCUT2D eigenvalue weighted by atomic mass is 10.1. The number of nitrogens with two attached hydrogens (primary N) is 1. The van der Waals surface area contributed by atoms with E-state index < -0.39 is 18.1 Å². The van der Waals surface area contributed by atoms with E-state index in [-0.39, 0.29) is 11.3 Å². The van der Waals surface area contributed by atoms with E-state index in [2.05, 4.69) is 0 Å². The van der Waals surface area contributed by atoms with Gasteiger partial charge in [-0.05, 0) is 13.3 Å². The molecule has 0 aromatic carbocycles. The molecule has 0 aromatic rings. The van der Waals surface area contributed by atoms with Gasteiger partial charge in [-0.1, -0.05) is 19.8 Å². The van der Waals surface area contributed by atoms with Crippen LogP contribution in [0.2, 0.25) is 0 Å². The number of hydrogen-bond donors (Lipinski definition) is 2. The minimum atomic E-state index is -0.946. The average Bonchev–Trinajstić information content (AvgIpc) is 2.67. The number of unbranched alkanes of at least 4 members (excludes halogenated alkanes) is 1.